The van der Waals surface area contributed by atoms with E-state index < -0.39 is 11.7 Å². The summed E-state index contributed by atoms with van der Waals surface area (Å²) in [6.45, 7) is 5.48. The number of hydrogen-bond donors (Lipinski definition) is 1. The van der Waals surface area contributed by atoms with Gasteiger partial charge in [-0.05, 0) is 33.6 Å². The molecule has 0 bridgehead atoms. The maximum absolute atomic E-state index is 13.1. The molecule has 0 atom stereocenters. The summed E-state index contributed by atoms with van der Waals surface area (Å²) >= 11 is 0. The van der Waals surface area contributed by atoms with Crippen LogP contribution in [0.15, 0.2) is 0 Å². The van der Waals surface area contributed by atoms with Crippen molar-refractivity contribution in [3.63, 3.8) is 0 Å². The van der Waals surface area contributed by atoms with Gasteiger partial charge < -0.3 is 10.1 Å². The number of ether oxygens (including phenoxy) is 1. The highest BCUT2D eigenvalue weighted by Gasteiger charge is 2.33. The van der Waals surface area contributed by atoms with Gasteiger partial charge in [0, 0.05) is 12.0 Å². The second-order valence-corrected chi connectivity index (χ2v) is 6.05. The SMILES string of the molecule is CC(C)(C)OC(=O)NCC1(CF)CCCCC1. The summed E-state index contributed by atoms with van der Waals surface area (Å²) in [6, 6.07) is 0. The average Bonchev–Trinajstić information content (AvgIpc) is 2.25. The Labute approximate surface area is 103 Å². The number of halogens is 1. The highest BCUT2D eigenvalue weighted by atomic mass is 19.1. The maximum Gasteiger partial charge on any atom is 0.407 e. The Balaban J connectivity index is 2.39. The zero-order valence-electron chi connectivity index (χ0n) is 11.1. The van der Waals surface area contributed by atoms with Crippen molar-refractivity contribution < 1.29 is 13.9 Å². The lowest BCUT2D eigenvalue weighted by atomic mass is 9.75. The van der Waals surface area contributed by atoms with E-state index in [1.54, 1.807) is 0 Å². The van der Waals surface area contributed by atoms with Crippen molar-refractivity contribution >= 4 is 6.09 Å². The van der Waals surface area contributed by atoms with Gasteiger partial charge in [0.15, 0.2) is 0 Å². The van der Waals surface area contributed by atoms with Crippen LogP contribution < -0.4 is 5.32 Å². The van der Waals surface area contributed by atoms with Gasteiger partial charge in [0.05, 0.1) is 6.67 Å². The predicted molar refractivity (Wildman–Crippen MR) is 65.7 cm³/mol. The van der Waals surface area contributed by atoms with E-state index in [1.807, 2.05) is 20.8 Å². The van der Waals surface area contributed by atoms with Crippen LogP contribution in [-0.4, -0.2) is 24.9 Å². The Morgan fingerprint density at radius 1 is 1.29 bits per heavy atom. The maximum atomic E-state index is 13.1. The quantitative estimate of drug-likeness (QED) is 0.827. The molecule has 0 heterocycles. The van der Waals surface area contributed by atoms with Crippen LogP contribution in [0.1, 0.15) is 52.9 Å². The van der Waals surface area contributed by atoms with Gasteiger partial charge in [-0.15, -0.1) is 0 Å². The molecule has 0 aromatic carbocycles. The molecule has 0 unspecified atom stereocenters. The van der Waals surface area contributed by atoms with E-state index in [-0.39, 0.29) is 12.1 Å². The van der Waals surface area contributed by atoms with Crippen LogP contribution in [0.3, 0.4) is 0 Å². The van der Waals surface area contributed by atoms with Crippen molar-refractivity contribution in [2.45, 2.75) is 58.5 Å². The first kappa shape index (κ1) is 14.3. The molecule has 0 radical (unpaired) electrons. The lowest BCUT2D eigenvalue weighted by molar-refractivity contribution is 0.0464. The summed E-state index contributed by atoms with van der Waals surface area (Å²) in [5.74, 6) is 0. The molecule has 0 spiro atoms. The van der Waals surface area contributed by atoms with Crippen LogP contribution in [0, 0.1) is 5.41 Å². The smallest absolute Gasteiger partial charge is 0.407 e. The summed E-state index contributed by atoms with van der Waals surface area (Å²) in [5.41, 5.74) is -0.852. The van der Waals surface area contributed by atoms with Crippen molar-refractivity contribution in [3.05, 3.63) is 0 Å². The Bertz CT molecular complexity index is 255. The highest BCUT2D eigenvalue weighted by molar-refractivity contribution is 5.67. The summed E-state index contributed by atoms with van der Waals surface area (Å²) in [4.78, 5) is 11.5. The number of hydrogen-bond acceptors (Lipinski definition) is 2. The molecular formula is C13H24FNO2. The Hall–Kier alpha value is -0.800. The fourth-order valence-electron chi connectivity index (χ4n) is 2.23. The molecule has 1 amide bonds. The summed E-state index contributed by atoms with van der Waals surface area (Å²) < 4.78 is 18.3. The van der Waals surface area contributed by atoms with Crippen LogP contribution in [-0.2, 0) is 4.74 Å². The second-order valence-electron chi connectivity index (χ2n) is 6.05. The van der Waals surface area contributed by atoms with Gasteiger partial charge in [0.2, 0.25) is 0 Å². The van der Waals surface area contributed by atoms with E-state index in [0.29, 0.717) is 6.54 Å². The largest absolute Gasteiger partial charge is 0.444 e. The van der Waals surface area contributed by atoms with Gasteiger partial charge in [0.25, 0.3) is 0 Å². The van der Waals surface area contributed by atoms with E-state index in [1.165, 1.54) is 6.42 Å². The molecule has 1 saturated carbocycles. The fraction of sp³-hybridized carbons (Fsp3) is 0.923. The average molecular weight is 245 g/mol. The Morgan fingerprint density at radius 3 is 2.35 bits per heavy atom. The molecule has 17 heavy (non-hydrogen) atoms. The number of alkyl carbamates (subject to hydrolysis) is 1. The van der Waals surface area contributed by atoms with Crippen LogP contribution in [0.2, 0.25) is 0 Å². The van der Waals surface area contributed by atoms with E-state index in [0.717, 1.165) is 25.7 Å². The van der Waals surface area contributed by atoms with Gasteiger partial charge in [-0.3, -0.25) is 4.39 Å². The van der Waals surface area contributed by atoms with Crippen LogP contribution in [0.25, 0.3) is 0 Å². The second kappa shape index (κ2) is 5.69. The van der Waals surface area contributed by atoms with E-state index in [9.17, 15) is 9.18 Å². The monoisotopic (exact) mass is 245 g/mol. The minimum Gasteiger partial charge on any atom is -0.444 e. The third-order valence-electron chi connectivity index (χ3n) is 3.20. The minimum absolute atomic E-state index is 0.352. The zero-order valence-corrected chi connectivity index (χ0v) is 11.1. The number of rotatable bonds is 3. The molecule has 1 fully saturated rings. The molecule has 1 rings (SSSR count). The Kier molecular flexibility index (Phi) is 4.78. The van der Waals surface area contributed by atoms with Gasteiger partial charge in [-0.25, -0.2) is 4.79 Å². The number of amides is 1. The first-order chi connectivity index (χ1) is 7.87. The molecule has 100 valence electrons. The topological polar surface area (TPSA) is 38.3 Å². The van der Waals surface area contributed by atoms with E-state index >= 15 is 0 Å². The van der Waals surface area contributed by atoms with Crippen LogP contribution in [0.4, 0.5) is 9.18 Å². The summed E-state index contributed by atoms with van der Waals surface area (Å²) in [7, 11) is 0. The van der Waals surface area contributed by atoms with Crippen molar-refractivity contribution in [1.82, 2.24) is 5.32 Å². The standard InChI is InChI=1S/C13H24FNO2/c1-12(2,3)17-11(16)15-10-13(9-14)7-5-4-6-8-13/h4-10H2,1-3H3,(H,15,16). The van der Waals surface area contributed by atoms with Crippen molar-refractivity contribution in [1.29, 1.82) is 0 Å². The van der Waals surface area contributed by atoms with E-state index in [4.69, 9.17) is 4.74 Å². The Morgan fingerprint density at radius 2 is 1.88 bits per heavy atom. The summed E-state index contributed by atoms with van der Waals surface area (Å²) in [5, 5.41) is 2.70. The molecule has 1 N–H and O–H groups in total. The van der Waals surface area contributed by atoms with Crippen molar-refractivity contribution in [3.8, 4) is 0 Å². The molecule has 0 aromatic rings. The van der Waals surface area contributed by atoms with E-state index in [2.05, 4.69) is 5.32 Å². The molecule has 1 aliphatic rings. The zero-order chi connectivity index (χ0) is 12.9. The molecule has 0 aromatic heterocycles. The van der Waals surface area contributed by atoms with Crippen LogP contribution in [0.5, 0.6) is 0 Å². The molecular weight excluding hydrogens is 221 g/mol. The van der Waals surface area contributed by atoms with Gasteiger partial charge in [-0.2, -0.15) is 0 Å². The normalized spacial score (nSPS) is 19.8. The first-order valence-corrected chi connectivity index (χ1v) is 6.40. The third kappa shape index (κ3) is 4.92. The lowest BCUT2D eigenvalue weighted by Gasteiger charge is -2.35. The highest BCUT2D eigenvalue weighted by Crippen LogP contribution is 2.36. The minimum atomic E-state index is -0.500. The number of carbonyl (C=O) groups is 1. The number of carbonyl (C=O) groups excluding carboxylic acids is 1. The summed E-state index contributed by atoms with van der Waals surface area (Å²) in [6.07, 6.45) is 4.56. The number of nitrogens with one attached hydrogen (secondary N) is 1. The van der Waals surface area contributed by atoms with Crippen molar-refractivity contribution in [2.75, 3.05) is 13.2 Å². The van der Waals surface area contributed by atoms with Gasteiger partial charge in [-0.1, -0.05) is 19.3 Å². The predicted octanol–water partition coefficient (Wildman–Crippen LogP) is 3.43. The third-order valence-corrected chi connectivity index (χ3v) is 3.20. The van der Waals surface area contributed by atoms with Crippen LogP contribution >= 0.6 is 0 Å². The molecule has 1 aliphatic carbocycles. The molecule has 0 aliphatic heterocycles. The fourth-order valence-corrected chi connectivity index (χ4v) is 2.23. The van der Waals surface area contributed by atoms with Gasteiger partial charge in [0.1, 0.15) is 5.60 Å². The van der Waals surface area contributed by atoms with Gasteiger partial charge >= 0.3 is 6.09 Å². The molecule has 0 saturated heterocycles. The first-order valence-electron chi connectivity index (χ1n) is 6.40. The van der Waals surface area contributed by atoms with Crippen molar-refractivity contribution in [2.24, 2.45) is 5.41 Å². The lowest BCUT2D eigenvalue weighted by Crippen LogP contribution is -2.42. The molecule has 4 heteroatoms. The molecule has 3 nitrogen and oxygen atoms in total. The number of alkyl halides is 1.